The molecule has 26 heavy (non-hydrogen) atoms. The van der Waals surface area contributed by atoms with Crippen LogP contribution in [-0.4, -0.2) is 26.4 Å². The topological polar surface area (TPSA) is 66.5 Å². The summed E-state index contributed by atoms with van der Waals surface area (Å²) in [7, 11) is -3.92. The highest BCUT2D eigenvalue weighted by molar-refractivity contribution is 7.92. The Balaban J connectivity index is 2.46. The summed E-state index contributed by atoms with van der Waals surface area (Å²) in [5.41, 5.74) is 0.816. The van der Waals surface area contributed by atoms with E-state index in [1.807, 2.05) is 27.7 Å². The Hall–Kier alpha value is -2.05. The molecule has 2 aromatic carbocycles. The standard InChI is InChI=1S/C19H23ClN2O3S/c1-14-8-10-17(11-9-14)26(24,25)22(13-18(23)21-19(2,3)4)16-7-5-6-15(20)12-16/h5-12H,13H2,1-4H3,(H,21,23). The van der Waals surface area contributed by atoms with E-state index >= 15 is 0 Å². The number of anilines is 1. The van der Waals surface area contributed by atoms with Gasteiger partial charge in [-0.05, 0) is 58.0 Å². The van der Waals surface area contributed by atoms with Crippen molar-refractivity contribution in [1.29, 1.82) is 0 Å². The van der Waals surface area contributed by atoms with Gasteiger partial charge in [-0.1, -0.05) is 35.4 Å². The molecule has 0 aliphatic heterocycles. The fraction of sp³-hybridized carbons (Fsp3) is 0.316. The van der Waals surface area contributed by atoms with Gasteiger partial charge in [0.2, 0.25) is 5.91 Å². The molecule has 0 bridgehead atoms. The summed E-state index contributed by atoms with van der Waals surface area (Å²) in [5, 5.41) is 3.18. The molecule has 2 aromatic rings. The maximum atomic E-state index is 13.2. The van der Waals surface area contributed by atoms with Crippen LogP contribution in [0.1, 0.15) is 26.3 Å². The van der Waals surface area contributed by atoms with Gasteiger partial charge in [0, 0.05) is 10.6 Å². The second kappa shape index (κ2) is 7.68. The Labute approximate surface area is 160 Å². The summed E-state index contributed by atoms with van der Waals surface area (Å²) >= 11 is 6.03. The van der Waals surface area contributed by atoms with Crippen LogP contribution in [-0.2, 0) is 14.8 Å². The summed E-state index contributed by atoms with van der Waals surface area (Å²) in [6, 6.07) is 12.9. The fourth-order valence-electron chi connectivity index (χ4n) is 2.37. The maximum absolute atomic E-state index is 13.2. The number of hydrogen-bond donors (Lipinski definition) is 1. The first-order valence-corrected chi connectivity index (χ1v) is 9.97. The first-order chi connectivity index (χ1) is 12.0. The van der Waals surface area contributed by atoms with Crippen LogP contribution < -0.4 is 9.62 Å². The molecule has 0 fully saturated rings. The predicted octanol–water partition coefficient (Wildman–Crippen LogP) is 3.76. The smallest absolute Gasteiger partial charge is 0.264 e. The quantitative estimate of drug-likeness (QED) is 0.839. The minimum absolute atomic E-state index is 0.117. The molecule has 2 rings (SSSR count). The van der Waals surface area contributed by atoms with Gasteiger partial charge in [0.1, 0.15) is 6.54 Å². The van der Waals surface area contributed by atoms with Gasteiger partial charge in [-0.2, -0.15) is 0 Å². The van der Waals surface area contributed by atoms with Crippen LogP contribution in [0.5, 0.6) is 0 Å². The molecule has 0 atom stereocenters. The zero-order valence-corrected chi connectivity index (χ0v) is 16.9. The number of benzene rings is 2. The van der Waals surface area contributed by atoms with Crippen LogP contribution in [0.3, 0.4) is 0 Å². The Morgan fingerprint density at radius 1 is 1.12 bits per heavy atom. The van der Waals surface area contributed by atoms with Crippen LogP contribution in [0.4, 0.5) is 5.69 Å². The molecular weight excluding hydrogens is 372 g/mol. The summed E-state index contributed by atoms with van der Waals surface area (Å²) < 4.78 is 27.4. The SMILES string of the molecule is Cc1ccc(S(=O)(=O)N(CC(=O)NC(C)(C)C)c2cccc(Cl)c2)cc1. The van der Waals surface area contributed by atoms with Crippen molar-refractivity contribution in [1.82, 2.24) is 5.32 Å². The lowest BCUT2D eigenvalue weighted by Crippen LogP contribution is -2.47. The third kappa shape index (κ3) is 5.22. The average Bonchev–Trinajstić information content (AvgIpc) is 2.51. The molecule has 0 aliphatic rings. The van der Waals surface area contributed by atoms with E-state index in [4.69, 9.17) is 11.6 Å². The largest absolute Gasteiger partial charge is 0.350 e. The minimum atomic E-state index is -3.92. The number of hydrogen-bond acceptors (Lipinski definition) is 3. The number of rotatable bonds is 5. The van der Waals surface area contributed by atoms with Crippen molar-refractivity contribution in [3.8, 4) is 0 Å². The second-order valence-corrected chi connectivity index (χ2v) is 9.40. The molecule has 0 heterocycles. The molecule has 1 amide bonds. The van der Waals surface area contributed by atoms with Crippen molar-refractivity contribution in [2.45, 2.75) is 38.1 Å². The molecule has 5 nitrogen and oxygen atoms in total. The van der Waals surface area contributed by atoms with E-state index in [1.165, 1.54) is 18.2 Å². The van der Waals surface area contributed by atoms with Crippen LogP contribution in [0.25, 0.3) is 0 Å². The van der Waals surface area contributed by atoms with Crippen molar-refractivity contribution in [2.75, 3.05) is 10.8 Å². The zero-order valence-electron chi connectivity index (χ0n) is 15.3. The highest BCUT2D eigenvalue weighted by Gasteiger charge is 2.28. The number of halogens is 1. The van der Waals surface area contributed by atoms with Gasteiger partial charge in [0.25, 0.3) is 10.0 Å². The Bertz CT molecular complexity index is 888. The van der Waals surface area contributed by atoms with Crippen LogP contribution in [0.15, 0.2) is 53.4 Å². The Morgan fingerprint density at radius 2 is 1.73 bits per heavy atom. The van der Waals surface area contributed by atoms with Crippen molar-refractivity contribution in [3.63, 3.8) is 0 Å². The third-order valence-electron chi connectivity index (χ3n) is 3.51. The van der Waals surface area contributed by atoms with Gasteiger partial charge in [-0.25, -0.2) is 8.42 Å². The van der Waals surface area contributed by atoms with E-state index < -0.39 is 21.5 Å². The minimum Gasteiger partial charge on any atom is -0.350 e. The molecule has 0 aromatic heterocycles. The van der Waals surface area contributed by atoms with Crippen molar-refractivity contribution in [2.24, 2.45) is 0 Å². The van der Waals surface area contributed by atoms with E-state index in [9.17, 15) is 13.2 Å². The molecule has 0 saturated heterocycles. The van der Waals surface area contributed by atoms with Gasteiger partial charge in [-0.15, -0.1) is 0 Å². The lowest BCUT2D eigenvalue weighted by atomic mass is 10.1. The summed E-state index contributed by atoms with van der Waals surface area (Å²) in [4.78, 5) is 12.5. The lowest BCUT2D eigenvalue weighted by Gasteiger charge is -2.27. The normalized spacial score (nSPS) is 11.9. The second-order valence-electron chi connectivity index (χ2n) is 7.10. The molecule has 0 unspecified atom stereocenters. The first-order valence-electron chi connectivity index (χ1n) is 8.15. The summed E-state index contributed by atoms with van der Waals surface area (Å²) in [6.07, 6.45) is 0. The predicted molar refractivity (Wildman–Crippen MR) is 105 cm³/mol. The average molecular weight is 395 g/mol. The third-order valence-corrected chi connectivity index (χ3v) is 5.53. The number of nitrogens with zero attached hydrogens (tertiary/aromatic N) is 1. The van der Waals surface area contributed by atoms with Crippen molar-refractivity contribution < 1.29 is 13.2 Å². The van der Waals surface area contributed by atoms with E-state index in [2.05, 4.69) is 5.32 Å². The van der Waals surface area contributed by atoms with Gasteiger partial charge in [0.05, 0.1) is 10.6 Å². The molecular formula is C19H23ClN2O3S. The molecule has 140 valence electrons. The fourth-order valence-corrected chi connectivity index (χ4v) is 3.97. The van der Waals surface area contributed by atoms with E-state index in [-0.39, 0.29) is 11.4 Å². The van der Waals surface area contributed by atoms with Gasteiger partial charge >= 0.3 is 0 Å². The van der Waals surface area contributed by atoms with Gasteiger partial charge < -0.3 is 5.32 Å². The van der Waals surface area contributed by atoms with Crippen molar-refractivity contribution >= 4 is 33.2 Å². The molecule has 0 saturated carbocycles. The van der Waals surface area contributed by atoms with E-state index in [1.54, 1.807) is 30.3 Å². The highest BCUT2D eigenvalue weighted by atomic mass is 35.5. The molecule has 0 aliphatic carbocycles. The number of sulfonamides is 1. The molecule has 1 N–H and O–H groups in total. The molecule has 0 radical (unpaired) electrons. The Morgan fingerprint density at radius 3 is 2.27 bits per heavy atom. The highest BCUT2D eigenvalue weighted by Crippen LogP contribution is 2.26. The molecule has 7 heteroatoms. The van der Waals surface area contributed by atoms with E-state index in [0.29, 0.717) is 10.7 Å². The summed E-state index contributed by atoms with van der Waals surface area (Å²) in [5.74, 6) is -0.395. The molecule has 0 spiro atoms. The number of nitrogens with one attached hydrogen (secondary N) is 1. The van der Waals surface area contributed by atoms with Gasteiger partial charge in [0.15, 0.2) is 0 Å². The van der Waals surface area contributed by atoms with Crippen LogP contribution >= 0.6 is 11.6 Å². The number of amides is 1. The summed E-state index contributed by atoms with van der Waals surface area (Å²) in [6.45, 7) is 7.05. The Kier molecular flexibility index (Phi) is 5.98. The van der Waals surface area contributed by atoms with Crippen LogP contribution in [0.2, 0.25) is 5.02 Å². The van der Waals surface area contributed by atoms with Crippen molar-refractivity contribution in [3.05, 3.63) is 59.1 Å². The van der Waals surface area contributed by atoms with Gasteiger partial charge in [-0.3, -0.25) is 9.10 Å². The zero-order chi connectivity index (χ0) is 19.5. The number of carbonyl (C=O) groups is 1. The first kappa shape index (κ1) is 20.3. The van der Waals surface area contributed by atoms with E-state index in [0.717, 1.165) is 9.87 Å². The maximum Gasteiger partial charge on any atom is 0.264 e. The lowest BCUT2D eigenvalue weighted by molar-refractivity contribution is -0.121. The number of carbonyl (C=O) groups excluding carboxylic acids is 1. The monoisotopic (exact) mass is 394 g/mol. The van der Waals surface area contributed by atoms with Crippen LogP contribution in [0, 0.1) is 6.92 Å². The number of aryl methyl sites for hydroxylation is 1.